The normalized spacial score (nSPS) is 21.4. The van der Waals surface area contributed by atoms with Crippen molar-refractivity contribution in [3.05, 3.63) is 34.9 Å². The van der Waals surface area contributed by atoms with Crippen molar-refractivity contribution in [1.29, 1.82) is 0 Å². The van der Waals surface area contributed by atoms with Gasteiger partial charge in [-0.1, -0.05) is 11.6 Å². The van der Waals surface area contributed by atoms with Gasteiger partial charge in [-0.25, -0.2) is 0 Å². The third kappa shape index (κ3) is 5.63. The topological polar surface area (TPSA) is 72.2 Å². The zero-order valence-electron chi connectivity index (χ0n) is 12.4. The highest BCUT2D eigenvalue weighted by atomic mass is 35.5. The Bertz CT molecular complexity index is 513. The number of ketones is 1. The van der Waals surface area contributed by atoms with Crippen molar-refractivity contribution in [2.24, 2.45) is 5.73 Å². The van der Waals surface area contributed by atoms with Crippen molar-refractivity contribution in [3.8, 4) is 0 Å². The SMILES string of the molecule is NC1CCC(NC(=O)CSCC(=O)c2ccc(Cl)cc2)CC1. The Kier molecular flexibility index (Phi) is 6.73. The molecule has 0 aliphatic heterocycles. The molecule has 1 aromatic carbocycles. The number of rotatable bonds is 6. The van der Waals surface area contributed by atoms with Gasteiger partial charge in [0.1, 0.15) is 0 Å². The largest absolute Gasteiger partial charge is 0.353 e. The lowest BCUT2D eigenvalue weighted by Crippen LogP contribution is -2.41. The Morgan fingerprint density at radius 2 is 1.77 bits per heavy atom. The molecule has 1 aliphatic carbocycles. The molecule has 0 bridgehead atoms. The average molecular weight is 341 g/mol. The maximum Gasteiger partial charge on any atom is 0.230 e. The molecule has 0 atom stereocenters. The van der Waals surface area contributed by atoms with E-state index in [1.54, 1.807) is 24.3 Å². The number of nitrogens with one attached hydrogen (secondary N) is 1. The quantitative estimate of drug-likeness (QED) is 0.781. The van der Waals surface area contributed by atoms with Crippen LogP contribution in [0, 0.1) is 0 Å². The van der Waals surface area contributed by atoms with E-state index in [0.29, 0.717) is 22.1 Å². The molecule has 1 amide bonds. The molecule has 2 rings (SSSR count). The second kappa shape index (κ2) is 8.56. The fourth-order valence-electron chi connectivity index (χ4n) is 2.49. The molecule has 0 heterocycles. The first-order valence-electron chi connectivity index (χ1n) is 7.46. The summed E-state index contributed by atoms with van der Waals surface area (Å²) in [5.74, 6) is 0.611. The summed E-state index contributed by atoms with van der Waals surface area (Å²) in [7, 11) is 0. The van der Waals surface area contributed by atoms with Crippen molar-refractivity contribution in [2.45, 2.75) is 37.8 Å². The lowest BCUT2D eigenvalue weighted by molar-refractivity contribution is -0.119. The van der Waals surface area contributed by atoms with Gasteiger partial charge in [-0.2, -0.15) is 0 Å². The van der Waals surface area contributed by atoms with E-state index in [-0.39, 0.29) is 23.8 Å². The van der Waals surface area contributed by atoms with E-state index in [1.807, 2.05) is 0 Å². The van der Waals surface area contributed by atoms with Crippen LogP contribution in [0.3, 0.4) is 0 Å². The Morgan fingerprint density at radius 3 is 2.41 bits per heavy atom. The molecule has 1 saturated carbocycles. The smallest absolute Gasteiger partial charge is 0.230 e. The van der Waals surface area contributed by atoms with E-state index in [0.717, 1.165) is 25.7 Å². The number of amides is 1. The van der Waals surface area contributed by atoms with E-state index < -0.39 is 0 Å². The number of benzene rings is 1. The van der Waals surface area contributed by atoms with Crippen LogP contribution in [-0.2, 0) is 4.79 Å². The Hall–Kier alpha value is -1.04. The number of hydrogen-bond donors (Lipinski definition) is 2. The van der Waals surface area contributed by atoms with E-state index in [9.17, 15) is 9.59 Å². The lowest BCUT2D eigenvalue weighted by atomic mass is 9.92. The molecule has 4 nitrogen and oxygen atoms in total. The van der Waals surface area contributed by atoms with Gasteiger partial charge in [0.2, 0.25) is 5.91 Å². The summed E-state index contributed by atoms with van der Waals surface area (Å²) < 4.78 is 0. The molecule has 22 heavy (non-hydrogen) atoms. The summed E-state index contributed by atoms with van der Waals surface area (Å²) in [5, 5.41) is 3.62. The van der Waals surface area contributed by atoms with Crippen LogP contribution in [-0.4, -0.2) is 35.3 Å². The molecular formula is C16H21ClN2O2S. The number of carbonyl (C=O) groups excluding carboxylic acids is 2. The second-order valence-electron chi connectivity index (χ2n) is 5.60. The van der Waals surface area contributed by atoms with Crippen molar-refractivity contribution in [3.63, 3.8) is 0 Å². The number of Topliss-reactive ketones (excluding diaryl/α,β-unsaturated/α-hetero) is 1. The average Bonchev–Trinajstić information content (AvgIpc) is 2.50. The van der Waals surface area contributed by atoms with Crippen LogP contribution in [0.4, 0.5) is 0 Å². The van der Waals surface area contributed by atoms with E-state index in [4.69, 9.17) is 17.3 Å². The predicted octanol–water partition coefficient (Wildman–Crippen LogP) is 2.64. The molecule has 0 radical (unpaired) electrons. The van der Waals surface area contributed by atoms with Crippen molar-refractivity contribution in [2.75, 3.05) is 11.5 Å². The van der Waals surface area contributed by atoms with Crippen LogP contribution >= 0.6 is 23.4 Å². The summed E-state index contributed by atoms with van der Waals surface area (Å²) in [5.41, 5.74) is 6.47. The van der Waals surface area contributed by atoms with Gasteiger partial charge >= 0.3 is 0 Å². The van der Waals surface area contributed by atoms with Crippen LogP contribution in [0.5, 0.6) is 0 Å². The number of thioether (sulfide) groups is 1. The molecule has 1 aromatic rings. The molecule has 0 saturated heterocycles. The molecule has 6 heteroatoms. The zero-order chi connectivity index (χ0) is 15.9. The first-order chi connectivity index (χ1) is 10.5. The molecular weight excluding hydrogens is 320 g/mol. The highest BCUT2D eigenvalue weighted by Gasteiger charge is 2.20. The molecule has 1 fully saturated rings. The lowest BCUT2D eigenvalue weighted by Gasteiger charge is -2.26. The second-order valence-corrected chi connectivity index (χ2v) is 7.02. The number of halogens is 1. The Labute approximate surface area is 140 Å². The molecule has 0 unspecified atom stereocenters. The summed E-state index contributed by atoms with van der Waals surface area (Å²) >= 11 is 7.12. The third-order valence-corrected chi connectivity index (χ3v) is 4.95. The van der Waals surface area contributed by atoms with Gasteiger partial charge in [-0.15, -0.1) is 11.8 Å². The molecule has 120 valence electrons. The van der Waals surface area contributed by atoms with Crippen molar-refractivity contribution >= 4 is 35.1 Å². The van der Waals surface area contributed by atoms with Gasteiger partial charge in [0, 0.05) is 22.7 Å². The van der Waals surface area contributed by atoms with Crippen LogP contribution in [0.1, 0.15) is 36.0 Å². The zero-order valence-corrected chi connectivity index (χ0v) is 14.0. The first-order valence-corrected chi connectivity index (χ1v) is 8.99. The summed E-state index contributed by atoms with van der Waals surface area (Å²) in [6, 6.07) is 7.31. The van der Waals surface area contributed by atoms with Gasteiger partial charge in [0.05, 0.1) is 11.5 Å². The monoisotopic (exact) mass is 340 g/mol. The number of nitrogens with two attached hydrogens (primary N) is 1. The number of carbonyl (C=O) groups is 2. The fraction of sp³-hybridized carbons (Fsp3) is 0.500. The van der Waals surface area contributed by atoms with Gasteiger partial charge < -0.3 is 11.1 Å². The van der Waals surface area contributed by atoms with E-state index in [2.05, 4.69) is 5.32 Å². The summed E-state index contributed by atoms with van der Waals surface area (Å²) in [4.78, 5) is 23.8. The standard InChI is InChI=1S/C16H21ClN2O2S/c17-12-3-1-11(2-4-12)15(20)9-22-10-16(21)19-14-7-5-13(18)6-8-14/h1-4,13-14H,5-10,18H2,(H,19,21). The van der Waals surface area contributed by atoms with Gasteiger partial charge in [0.15, 0.2) is 5.78 Å². The summed E-state index contributed by atoms with van der Waals surface area (Å²) in [6.07, 6.45) is 3.82. The van der Waals surface area contributed by atoms with Gasteiger partial charge in [0.25, 0.3) is 0 Å². The van der Waals surface area contributed by atoms with Crippen LogP contribution in [0.2, 0.25) is 5.02 Å². The molecule has 3 N–H and O–H groups in total. The van der Waals surface area contributed by atoms with Crippen molar-refractivity contribution in [1.82, 2.24) is 5.32 Å². The first kappa shape index (κ1) is 17.3. The molecule has 1 aliphatic rings. The third-order valence-electron chi connectivity index (χ3n) is 3.77. The van der Waals surface area contributed by atoms with Gasteiger partial charge in [-0.3, -0.25) is 9.59 Å². The minimum Gasteiger partial charge on any atom is -0.353 e. The highest BCUT2D eigenvalue weighted by Crippen LogP contribution is 2.17. The summed E-state index contributed by atoms with van der Waals surface area (Å²) in [6.45, 7) is 0. The minimum atomic E-state index is -0.00521. The number of hydrogen-bond acceptors (Lipinski definition) is 4. The maximum atomic E-state index is 12.0. The van der Waals surface area contributed by atoms with Crippen LogP contribution in [0.15, 0.2) is 24.3 Å². The van der Waals surface area contributed by atoms with Crippen molar-refractivity contribution < 1.29 is 9.59 Å². The molecule has 0 spiro atoms. The van der Waals surface area contributed by atoms with E-state index >= 15 is 0 Å². The minimum absolute atomic E-state index is 0.00521. The maximum absolute atomic E-state index is 12.0. The van der Waals surface area contributed by atoms with Gasteiger partial charge in [-0.05, 0) is 49.9 Å². The predicted molar refractivity (Wildman–Crippen MR) is 91.5 cm³/mol. The fourth-order valence-corrected chi connectivity index (χ4v) is 3.34. The molecule has 0 aromatic heterocycles. The highest BCUT2D eigenvalue weighted by molar-refractivity contribution is 8.00. The Morgan fingerprint density at radius 1 is 1.14 bits per heavy atom. The van der Waals surface area contributed by atoms with Crippen LogP contribution < -0.4 is 11.1 Å². The van der Waals surface area contributed by atoms with E-state index in [1.165, 1.54) is 11.8 Å². The van der Waals surface area contributed by atoms with Crippen LogP contribution in [0.25, 0.3) is 0 Å². The Balaban J connectivity index is 1.66.